The van der Waals surface area contributed by atoms with E-state index in [0.29, 0.717) is 18.4 Å². The van der Waals surface area contributed by atoms with Crippen molar-refractivity contribution in [2.24, 2.45) is 16.5 Å². The van der Waals surface area contributed by atoms with E-state index in [9.17, 15) is 23.3 Å². The predicted octanol–water partition coefficient (Wildman–Crippen LogP) is 0.755. The number of sulfone groups is 1. The summed E-state index contributed by atoms with van der Waals surface area (Å²) in [7, 11) is -3.93. The maximum atomic E-state index is 12.0. The molecule has 0 fully saturated rings. The molecule has 126 valence electrons. The minimum absolute atomic E-state index is 0.294. The van der Waals surface area contributed by atoms with E-state index in [1.54, 1.807) is 0 Å². The van der Waals surface area contributed by atoms with Crippen LogP contribution in [0.1, 0.15) is 35.7 Å². The van der Waals surface area contributed by atoms with Gasteiger partial charge in [-0.25, -0.2) is 8.42 Å². The third kappa shape index (κ3) is 4.49. The zero-order valence-electron chi connectivity index (χ0n) is 12.8. The second kappa shape index (κ2) is 7.18. The summed E-state index contributed by atoms with van der Waals surface area (Å²) >= 11 is 0. The molecule has 0 aliphatic rings. The highest BCUT2D eigenvalue weighted by molar-refractivity contribution is 7.91. The quantitative estimate of drug-likeness (QED) is 0.334. The topological polar surface area (TPSA) is 159 Å². The van der Waals surface area contributed by atoms with Gasteiger partial charge in [-0.1, -0.05) is 19.4 Å². The summed E-state index contributed by atoms with van der Waals surface area (Å²) in [4.78, 5) is 25.2. The highest BCUT2D eigenvalue weighted by Crippen LogP contribution is 2.32. The number of carbonyl (C=O) groups is 1. The Morgan fingerprint density at radius 1 is 1.35 bits per heavy atom. The molecule has 1 amide bonds. The van der Waals surface area contributed by atoms with Gasteiger partial charge in [0.2, 0.25) is 0 Å². The van der Waals surface area contributed by atoms with Gasteiger partial charge in [0.25, 0.3) is 5.91 Å². The molecule has 4 N–H and O–H groups in total. The molecule has 0 saturated carbocycles. The Morgan fingerprint density at radius 2 is 1.96 bits per heavy atom. The third-order valence-corrected chi connectivity index (χ3v) is 4.22. The zero-order valence-corrected chi connectivity index (χ0v) is 13.6. The van der Waals surface area contributed by atoms with Crippen LogP contribution in [0.15, 0.2) is 22.0 Å². The Balaban J connectivity index is 3.74. The minimum Gasteiger partial charge on any atom is -0.370 e. The van der Waals surface area contributed by atoms with Crippen molar-refractivity contribution in [2.45, 2.75) is 31.1 Å². The molecule has 0 aromatic heterocycles. The Bertz CT molecular complexity index is 767. The van der Waals surface area contributed by atoms with Crippen LogP contribution in [0, 0.1) is 10.1 Å². The first-order valence-electron chi connectivity index (χ1n) is 6.73. The second-order valence-corrected chi connectivity index (χ2v) is 6.88. The zero-order chi connectivity index (χ0) is 17.8. The largest absolute Gasteiger partial charge is 0.370 e. The molecule has 0 aliphatic carbocycles. The van der Waals surface area contributed by atoms with Crippen LogP contribution >= 0.6 is 0 Å². The molecule has 1 rings (SSSR count). The van der Waals surface area contributed by atoms with Crippen LogP contribution in [-0.2, 0) is 16.3 Å². The van der Waals surface area contributed by atoms with E-state index in [-0.39, 0.29) is 0 Å². The first kappa shape index (κ1) is 18.6. The number of benzene rings is 1. The van der Waals surface area contributed by atoms with Crippen molar-refractivity contribution in [2.75, 3.05) is 6.26 Å². The maximum Gasteiger partial charge on any atom is 0.301 e. The average molecular weight is 342 g/mol. The van der Waals surface area contributed by atoms with Gasteiger partial charge < -0.3 is 11.5 Å². The lowest BCUT2D eigenvalue weighted by Gasteiger charge is -2.10. The summed E-state index contributed by atoms with van der Waals surface area (Å²) in [5.41, 5.74) is 9.22. The molecule has 0 aliphatic heterocycles. The fourth-order valence-electron chi connectivity index (χ4n) is 2.12. The summed E-state index contributed by atoms with van der Waals surface area (Å²) in [6.07, 6.45) is 2.64. The van der Waals surface area contributed by atoms with Crippen LogP contribution in [-0.4, -0.2) is 31.5 Å². The number of nitrogens with two attached hydrogens (primary N) is 2. The van der Waals surface area contributed by atoms with E-state index in [1.807, 2.05) is 6.92 Å². The van der Waals surface area contributed by atoms with Gasteiger partial charge in [0.1, 0.15) is 10.5 Å². The molecule has 0 unspecified atom stereocenters. The molecule has 9 nitrogen and oxygen atoms in total. The van der Waals surface area contributed by atoms with Gasteiger partial charge in [-0.05, 0) is 24.5 Å². The van der Waals surface area contributed by atoms with E-state index in [4.69, 9.17) is 11.5 Å². The summed E-state index contributed by atoms with van der Waals surface area (Å²) in [5.74, 6) is -1.64. The Labute approximate surface area is 133 Å². The lowest BCUT2D eigenvalue weighted by atomic mass is 10.0. The van der Waals surface area contributed by atoms with Crippen LogP contribution in [0.3, 0.4) is 0 Å². The number of carbonyl (C=O) groups excluding carboxylic acids is 1. The molecule has 0 atom stereocenters. The number of amides is 1. The van der Waals surface area contributed by atoms with Crippen molar-refractivity contribution in [3.05, 3.63) is 33.4 Å². The number of hydrogen-bond donors (Lipinski definition) is 2. The van der Waals surface area contributed by atoms with Gasteiger partial charge in [0.05, 0.1) is 4.92 Å². The van der Waals surface area contributed by atoms with E-state index in [0.717, 1.165) is 12.7 Å². The van der Waals surface area contributed by atoms with Crippen molar-refractivity contribution in [3.63, 3.8) is 0 Å². The number of unbranched alkanes of at least 4 members (excludes halogenated alkanes) is 1. The first-order chi connectivity index (χ1) is 10.6. The number of aryl methyl sites for hydroxylation is 1. The molecule has 0 saturated heterocycles. The van der Waals surface area contributed by atoms with Crippen LogP contribution in [0.4, 0.5) is 5.69 Å². The molecular weight excluding hydrogens is 324 g/mol. The van der Waals surface area contributed by atoms with E-state index < -0.39 is 42.8 Å². The van der Waals surface area contributed by atoms with Crippen molar-refractivity contribution in [1.82, 2.24) is 0 Å². The first-order valence-corrected chi connectivity index (χ1v) is 8.63. The number of rotatable bonds is 6. The molecule has 0 spiro atoms. The number of aliphatic imine (C=N–C) groups is 1. The monoisotopic (exact) mass is 342 g/mol. The molecule has 10 heteroatoms. The van der Waals surface area contributed by atoms with Crippen LogP contribution < -0.4 is 11.5 Å². The molecule has 0 heterocycles. The smallest absolute Gasteiger partial charge is 0.301 e. The predicted molar refractivity (Wildman–Crippen MR) is 85.0 cm³/mol. The van der Waals surface area contributed by atoms with Crippen LogP contribution in [0.2, 0.25) is 0 Å². The normalized spacial score (nSPS) is 11.0. The van der Waals surface area contributed by atoms with Crippen LogP contribution in [0.5, 0.6) is 0 Å². The van der Waals surface area contributed by atoms with Gasteiger partial charge in [0, 0.05) is 6.26 Å². The number of nitrogens with zero attached hydrogens (tertiary/aromatic N) is 2. The molecule has 0 radical (unpaired) electrons. The van der Waals surface area contributed by atoms with E-state index in [2.05, 4.69) is 4.99 Å². The second-order valence-electron chi connectivity index (χ2n) is 4.92. The van der Waals surface area contributed by atoms with Crippen molar-refractivity contribution in [3.8, 4) is 0 Å². The van der Waals surface area contributed by atoms with E-state index in [1.165, 1.54) is 12.1 Å². The van der Waals surface area contributed by atoms with Gasteiger partial charge in [-0.3, -0.25) is 14.9 Å². The standard InChI is InChI=1S/C13H18N4O5S/c1-3-4-5-8-6-7-9(12(18)16-13(14)15)10(17(19)20)11(8)23(2,21)22/h6-7H,3-5H2,1-2H3,(H4,14,15,16,18). The van der Waals surface area contributed by atoms with Crippen molar-refractivity contribution >= 4 is 27.4 Å². The molecule has 1 aromatic rings. The minimum atomic E-state index is -3.93. The Hall–Kier alpha value is -2.49. The summed E-state index contributed by atoms with van der Waals surface area (Å²) in [5, 5.41) is 11.4. The highest BCUT2D eigenvalue weighted by atomic mass is 32.2. The van der Waals surface area contributed by atoms with Gasteiger partial charge >= 0.3 is 5.69 Å². The molecular formula is C13H18N4O5S. The molecule has 0 bridgehead atoms. The molecule has 23 heavy (non-hydrogen) atoms. The van der Waals surface area contributed by atoms with Gasteiger partial charge in [-0.15, -0.1) is 0 Å². The number of nitro groups is 1. The highest BCUT2D eigenvalue weighted by Gasteiger charge is 2.32. The summed E-state index contributed by atoms with van der Waals surface area (Å²) < 4.78 is 24.1. The summed E-state index contributed by atoms with van der Waals surface area (Å²) in [6.45, 7) is 1.91. The van der Waals surface area contributed by atoms with Crippen LogP contribution in [0.25, 0.3) is 0 Å². The number of hydrogen-bond acceptors (Lipinski definition) is 5. The van der Waals surface area contributed by atoms with Gasteiger partial charge in [0.15, 0.2) is 15.8 Å². The fraction of sp³-hybridized carbons (Fsp3) is 0.385. The number of guanidine groups is 1. The lowest BCUT2D eigenvalue weighted by Crippen LogP contribution is -2.24. The lowest BCUT2D eigenvalue weighted by molar-refractivity contribution is -0.388. The third-order valence-electron chi connectivity index (χ3n) is 3.03. The average Bonchev–Trinajstić information content (AvgIpc) is 2.41. The van der Waals surface area contributed by atoms with E-state index >= 15 is 0 Å². The van der Waals surface area contributed by atoms with Crippen molar-refractivity contribution < 1.29 is 18.1 Å². The summed E-state index contributed by atoms with van der Waals surface area (Å²) in [6, 6.07) is 2.56. The Morgan fingerprint density at radius 3 is 2.39 bits per heavy atom. The van der Waals surface area contributed by atoms with Crippen molar-refractivity contribution in [1.29, 1.82) is 0 Å². The van der Waals surface area contributed by atoms with Gasteiger partial charge in [-0.2, -0.15) is 4.99 Å². The maximum absolute atomic E-state index is 12.0. The SMILES string of the molecule is CCCCc1ccc(C(=O)N=C(N)N)c([N+](=O)[O-])c1S(C)(=O)=O. The Kier molecular flexibility index (Phi) is 5.79. The molecule has 1 aromatic carbocycles. The number of nitro benzene ring substituents is 1. The fourth-order valence-corrected chi connectivity index (χ4v) is 3.30.